The van der Waals surface area contributed by atoms with Crippen molar-refractivity contribution < 1.29 is 4.79 Å². The van der Waals surface area contributed by atoms with Crippen LogP contribution in [0.1, 0.15) is 31.7 Å². The Morgan fingerprint density at radius 2 is 1.94 bits per heavy atom. The number of carbonyl (C=O) groups is 1. The zero-order chi connectivity index (χ0) is 11.4. The van der Waals surface area contributed by atoms with Crippen LogP contribution < -0.4 is 0 Å². The van der Waals surface area contributed by atoms with Crippen molar-refractivity contribution in [3.8, 4) is 0 Å². The number of ketones is 1. The maximum Gasteiger partial charge on any atom is 0.155 e. The third kappa shape index (κ3) is 3.06. The number of aryl methyl sites for hydroxylation is 1. The van der Waals surface area contributed by atoms with Gasteiger partial charge in [0, 0.05) is 6.42 Å². The van der Waals surface area contributed by atoms with E-state index in [4.69, 9.17) is 0 Å². The number of hydrogen-bond acceptors (Lipinski definition) is 1. The zero-order valence-corrected chi connectivity index (χ0v) is 9.78. The molecule has 0 heterocycles. The van der Waals surface area contributed by atoms with Gasteiger partial charge in [-0.1, -0.05) is 35.9 Å². The summed E-state index contributed by atoms with van der Waals surface area (Å²) in [4.78, 5) is 11.4. The second kappa shape index (κ2) is 5.11. The normalized spacial score (nSPS) is 20.7. The van der Waals surface area contributed by atoms with E-state index in [1.54, 1.807) is 6.08 Å². The molecule has 0 amide bonds. The number of hydrogen-bond donors (Lipinski definition) is 0. The summed E-state index contributed by atoms with van der Waals surface area (Å²) < 4.78 is 0. The van der Waals surface area contributed by atoms with Crippen LogP contribution in [0.4, 0.5) is 0 Å². The number of benzene rings is 1. The van der Waals surface area contributed by atoms with Gasteiger partial charge in [0.05, 0.1) is 0 Å². The molecule has 84 valence electrons. The smallest absolute Gasteiger partial charge is 0.155 e. The summed E-state index contributed by atoms with van der Waals surface area (Å²) in [5.74, 6) is 0.861. The van der Waals surface area contributed by atoms with E-state index < -0.39 is 0 Å². The van der Waals surface area contributed by atoms with Crippen LogP contribution in [0.15, 0.2) is 42.0 Å². The summed E-state index contributed by atoms with van der Waals surface area (Å²) in [5.41, 5.74) is 2.62. The van der Waals surface area contributed by atoms with Gasteiger partial charge in [-0.2, -0.15) is 0 Å². The van der Waals surface area contributed by atoms with Crippen molar-refractivity contribution in [1.82, 2.24) is 0 Å². The molecule has 1 aromatic carbocycles. The minimum absolute atomic E-state index is 0.307. The minimum Gasteiger partial charge on any atom is -0.295 e. The van der Waals surface area contributed by atoms with Crippen molar-refractivity contribution >= 4 is 5.78 Å². The van der Waals surface area contributed by atoms with E-state index in [1.807, 2.05) is 6.07 Å². The summed E-state index contributed by atoms with van der Waals surface area (Å²) >= 11 is 0. The van der Waals surface area contributed by atoms with E-state index in [0.29, 0.717) is 11.7 Å². The van der Waals surface area contributed by atoms with Crippen LogP contribution in [0.2, 0.25) is 0 Å². The van der Waals surface area contributed by atoms with Crippen LogP contribution in [0, 0.1) is 5.92 Å². The first kappa shape index (κ1) is 11.1. The molecule has 1 aliphatic rings. The number of allylic oxidation sites excluding steroid dienone is 2. The number of carbonyl (C=O) groups excluding carboxylic acids is 1. The molecule has 0 fully saturated rings. The lowest BCUT2D eigenvalue weighted by Gasteiger charge is -2.19. The fourth-order valence-electron chi connectivity index (χ4n) is 2.42. The third-order valence-corrected chi connectivity index (χ3v) is 3.19. The first-order valence-corrected chi connectivity index (χ1v) is 5.98. The molecule has 1 heteroatoms. The van der Waals surface area contributed by atoms with Crippen LogP contribution in [-0.2, 0) is 11.2 Å². The Morgan fingerprint density at radius 3 is 2.62 bits per heavy atom. The fraction of sp³-hybridized carbons (Fsp3) is 0.400. The van der Waals surface area contributed by atoms with Gasteiger partial charge in [-0.15, -0.1) is 0 Å². The highest BCUT2D eigenvalue weighted by Gasteiger charge is 2.18. The predicted molar refractivity (Wildman–Crippen MR) is 66.3 cm³/mol. The second-order valence-electron chi connectivity index (χ2n) is 4.76. The van der Waals surface area contributed by atoms with Crippen molar-refractivity contribution in [2.45, 2.75) is 32.6 Å². The van der Waals surface area contributed by atoms with Crippen molar-refractivity contribution in [3.63, 3.8) is 0 Å². The molecule has 0 N–H and O–H groups in total. The van der Waals surface area contributed by atoms with Gasteiger partial charge in [0.1, 0.15) is 0 Å². The third-order valence-electron chi connectivity index (χ3n) is 3.19. The van der Waals surface area contributed by atoms with Gasteiger partial charge in [-0.3, -0.25) is 4.79 Å². The largest absolute Gasteiger partial charge is 0.295 e. The lowest BCUT2D eigenvalue weighted by molar-refractivity contribution is -0.116. The molecule has 0 spiro atoms. The van der Waals surface area contributed by atoms with E-state index in [-0.39, 0.29) is 0 Å². The van der Waals surface area contributed by atoms with Crippen LogP contribution >= 0.6 is 0 Å². The van der Waals surface area contributed by atoms with Crippen molar-refractivity contribution in [3.05, 3.63) is 47.5 Å². The number of rotatable bonds is 3. The van der Waals surface area contributed by atoms with E-state index in [2.05, 4.69) is 31.2 Å². The maximum atomic E-state index is 11.4. The molecule has 1 unspecified atom stereocenters. The van der Waals surface area contributed by atoms with Crippen LogP contribution in [-0.4, -0.2) is 5.78 Å². The van der Waals surface area contributed by atoms with Crippen LogP contribution in [0.3, 0.4) is 0 Å². The molecule has 0 aromatic heterocycles. The highest BCUT2D eigenvalue weighted by Crippen LogP contribution is 2.25. The predicted octanol–water partition coefficient (Wildman–Crippen LogP) is 3.54. The average Bonchev–Trinajstić information content (AvgIpc) is 2.27. The van der Waals surface area contributed by atoms with Gasteiger partial charge in [0.2, 0.25) is 0 Å². The van der Waals surface area contributed by atoms with Crippen molar-refractivity contribution in [2.75, 3.05) is 0 Å². The molecule has 0 bridgehead atoms. The molecule has 1 aliphatic carbocycles. The standard InChI is InChI=1S/C15H18O/c1-12-9-14(11-15(16)10-12)8-7-13-5-3-2-4-6-13/h2-6,10,14H,7-9,11H2,1H3. The molecule has 1 atom stereocenters. The molecule has 1 aromatic rings. The molecule has 16 heavy (non-hydrogen) atoms. The monoisotopic (exact) mass is 214 g/mol. The highest BCUT2D eigenvalue weighted by molar-refractivity contribution is 5.91. The molecule has 1 nitrogen and oxygen atoms in total. The first-order valence-electron chi connectivity index (χ1n) is 5.98. The topological polar surface area (TPSA) is 17.1 Å². The summed E-state index contributed by atoms with van der Waals surface area (Å²) in [5, 5.41) is 0. The molecule has 0 saturated carbocycles. The lowest BCUT2D eigenvalue weighted by atomic mass is 9.85. The van der Waals surface area contributed by atoms with Gasteiger partial charge in [-0.05, 0) is 43.7 Å². The summed E-state index contributed by atoms with van der Waals surface area (Å²) in [6.45, 7) is 2.06. The Kier molecular flexibility index (Phi) is 3.55. The van der Waals surface area contributed by atoms with Gasteiger partial charge in [0.15, 0.2) is 5.78 Å². The van der Waals surface area contributed by atoms with E-state index in [9.17, 15) is 4.79 Å². The lowest BCUT2D eigenvalue weighted by Crippen LogP contribution is -2.13. The Hall–Kier alpha value is -1.37. The Bertz CT molecular complexity index is 389. The SMILES string of the molecule is CC1=CC(=O)CC(CCc2ccccc2)C1. The fourth-order valence-corrected chi connectivity index (χ4v) is 2.42. The van der Waals surface area contributed by atoms with E-state index in [0.717, 1.165) is 25.7 Å². The average molecular weight is 214 g/mol. The Morgan fingerprint density at radius 1 is 1.19 bits per heavy atom. The molecular formula is C15H18O. The summed E-state index contributed by atoms with van der Waals surface area (Å²) in [7, 11) is 0. The zero-order valence-electron chi connectivity index (χ0n) is 9.78. The van der Waals surface area contributed by atoms with Gasteiger partial charge in [-0.25, -0.2) is 0 Å². The van der Waals surface area contributed by atoms with Crippen LogP contribution in [0.5, 0.6) is 0 Å². The first-order chi connectivity index (χ1) is 7.74. The Labute approximate surface area is 97.2 Å². The maximum absolute atomic E-state index is 11.4. The molecular weight excluding hydrogens is 196 g/mol. The minimum atomic E-state index is 0.307. The highest BCUT2D eigenvalue weighted by atomic mass is 16.1. The summed E-state index contributed by atoms with van der Waals surface area (Å²) in [6.07, 6.45) is 5.86. The van der Waals surface area contributed by atoms with Crippen molar-refractivity contribution in [1.29, 1.82) is 0 Å². The molecule has 0 aliphatic heterocycles. The molecule has 0 radical (unpaired) electrons. The van der Waals surface area contributed by atoms with Crippen molar-refractivity contribution in [2.24, 2.45) is 5.92 Å². The quantitative estimate of drug-likeness (QED) is 0.752. The van der Waals surface area contributed by atoms with Gasteiger partial charge >= 0.3 is 0 Å². The van der Waals surface area contributed by atoms with Gasteiger partial charge in [0.25, 0.3) is 0 Å². The van der Waals surface area contributed by atoms with Gasteiger partial charge < -0.3 is 0 Å². The van der Waals surface area contributed by atoms with Crippen LogP contribution in [0.25, 0.3) is 0 Å². The Balaban J connectivity index is 1.88. The second-order valence-corrected chi connectivity index (χ2v) is 4.76. The molecule has 2 rings (SSSR count). The molecule has 0 saturated heterocycles. The summed E-state index contributed by atoms with van der Waals surface area (Å²) in [6, 6.07) is 10.5. The van der Waals surface area contributed by atoms with E-state index >= 15 is 0 Å². The van der Waals surface area contributed by atoms with E-state index in [1.165, 1.54) is 11.1 Å².